The molecule has 114 valence electrons. The Hall–Kier alpha value is -1.62. The molecule has 1 aliphatic rings. The monoisotopic (exact) mass is 312 g/mol. The van der Waals surface area contributed by atoms with Crippen LogP contribution < -0.4 is 5.32 Å². The van der Waals surface area contributed by atoms with Gasteiger partial charge in [0.05, 0.1) is 6.54 Å². The lowest BCUT2D eigenvalue weighted by atomic mass is 9.96. The molecule has 6 heteroatoms. The molecule has 1 heterocycles. The van der Waals surface area contributed by atoms with Crippen LogP contribution in [0.3, 0.4) is 0 Å². The molecule has 1 aromatic carbocycles. The first kappa shape index (κ1) is 15.8. The Bertz CT molecular complexity index is 565. The van der Waals surface area contributed by atoms with Gasteiger partial charge in [-0.2, -0.15) is 0 Å². The number of carbonyl (C=O) groups excluding carboxylic acids is 2. The summed E-state index contributed by atoms with van der Waals surface area (Å²) in [5, 5.41) is 3.11. The normalized spacial score (nSPS) is 20.4. The Kier molecular flexibility index (Phi) is 4.83. The van der Waals surface area contributed by atoms with Crippen molar-refractivity contribution >= 4 is 23.4 Å². The van der Waals surface area contributed by atoms with E-state index in [9.17, 15) is 14.0 Å². The molecule has 1 N–H and O–H groups in total. The number of hydrogen-bond donors (Lipinski definition) is 1. The van der Waals surface area contributed by atoms with Gasteiger partial charge >= 0.3 is 0 Å². The summed E-state index contributed by atoms with van der Waals surface area (Å²) >= 11 is 6.02. The average Bonchev–Trinajstić information content (AvgIpc) is 2.45. The first-order valence-corrected chi connectivity index (χ1v) is 7.32. The number of benzene rings is 1. The van der Waals surface area contributed by atoms with Crippen molar-refractivity contribution < 1.29 is 14.0 Å². The fourth-order valence-electron chi connectivity index (χ4n) is 2.35. The summed E-state index contributed by atoms with van der Waals surface area (Å²) in [4.78, 5) is 25.7. The summed E-state index contributed by atoms with van der Waals surface area (Å²) in [5.74, 6) is -0.717. The molecule has 1 aromatic rings. The van der Waals surface area contributed by atoms with Crippen LogP contribution in [0.15, 0.2) is 18.2 Å². The van der Waals surface area contributed by atoms with Gasteiger partial charge in [0.15, 0.2) is 0 Å². The Labute approximate surface area is 128 Å². The minimum absolute atomic E-state index is 0.0292. The van der Waals surface area contributed by atoms with Crippen LogP contribution in [-0.4, -0.2) is 29.3 Å². The molecule has 2 unspecified atom stereocenters. The molecule has 4 nitrogen and oxygen atoms in total. The molecular formula is C15H18ClFN2O2. The highest BCUT2D eigenvalue weighted by Crippen LogP contribution is 2.21. The van der Waals surface area contributed by atoms with Crippen LogP contribution in [-0.2, 0) is 16.1 Å². The van der Waals surface area contributed by atoms with Gasteiger partial charge in [-0.25, -0.2) is 4.39 Å². The summed E-state index contributed by atoms with van der Waals surface area (Å²) in [7, 11) is 0. The van der Waals surface area contributed by atoms with E-state index < -0.39 is 11.9 Å². The van der Waals surface area contributed by atoms with Crippen LogP contribution in [0.5, 0.6) is 0 Å². The van der Waals surface area contributed by atoms with E-state index in [-0.39, 0.29) is 30.8 Å². The number of carbonyl (C=O) groups is 2. The zero-order chi connectivity index (χ0) is 15.6. The molecule has 1 fully saturated rings. The standard InChI is InChI=1S/C15H18ClFN2O2/c1-3-9(2)14-15(21)19(8-13(20)18-14)7-10-6-11(17)4-5-12(10)16/h4-6,9,14H,3,7-8H2,1-2H3,(H,18,20). The number of nitrogens with one attached hydrogen (secondary N) is 1. The van der Waals surface area contributed by atoms with Crippen molar-refractivity contribution in [2.45, 2.75) is 32.9 Å². The van der Waals surface area contributed by atoms with Crippen LogP contribution in [0.25, 0.3) is 0 Å². The first-order chi connectivity index (χ1) is 9.92. The number of hydrogen-bond acceptors (Lipinski definition) is 2. The maximum absolute atomic E-state index is 13.3. The number of amides is 2. The quantitative estimate of drug-likeness (QED) is 0.928. The molecule has 0 bridgehead atoms. The molecule has 21 heavy (non-hydrogen) atoms. The Morgan fingerprint density at radius 2 is 2.19 bits per heavy atom. The zero-order valence-corrected chi connectivity index (χ0v) is 12.8. The number of halogens is 2. The minimum Gasteiger partial charge on any atom is -0.342 e. The third-order valence-electron chi connectivity index (χ3n) is 3.81. The van der Waals surface area contributed by atoms with Gasteiger partial charge in [0.25, 0.3) is 0 Å². The SMILES string of the molecule is CCC(C)C1NC(=O)CN(Cc2cc(F)ccc2Cl)C1=O. The topological polar surface area (TPSA) is 49.4 Å². The van der Waals surface area contributed by atoms with Crippen molar-refractivity contribution in [2.24, 2.45) is 5.92 Å². The molecule has 0 spiro atoms. The summed E-state index contributed by atoms with van der Waals surface area (Å²) in [5.41, 5.74) is 0.502. The minimum atomic E-state index is -0.524. The Morgan fingerprint density at radius 1 is 1.48 bits per heavy atom. The first-order valence-electron chi connectivity index (χ1n) is 6.94. The number of nitrogens with zero attached hydrogens (tertiary/aromatic N) is 1. The molecule has 1 aliphatic heterocycles. The number of piperazine rings is 1. The molecule has 0 radical (unpaired) electrons. The van der Waals surface area contributed by atoms with E-state index >= 15 is 0 Å². The second-order valence-corrected chi connectivity index (χ2v) is 5.77. The predicted molar refractivity (Wildman–Crippen MR) is 78.2 cm³/mol. The molecule has 0 aromatic heterocycles. The summed E-state index contributed by atoms with van der Waals surface area (Å²) in [6.45, 7) is 3.99. The van der Waals surface area contributed by atoms with E-state index in [4.69, 9.17) is 11.6 Å². The third kappa shape index (κ3) is 3.53. The van der Waals surface area contributed by atoms with Gasteiger partial charge < -0.3 is 10.2 Å². The van der Waals surface area contributed by atoms with Crippen molar-refractivity contribution in [3.05, 3.63) is 34.6 Å². The van der Waals surface area contributed by atoms with Crippen molar-refractivity contribution in [2.75, 3.05) is 6.54 Å². The van der Waals surface area contributed by atoms with Crippen LogP contribution in [0.4, 0.5) is 4.39 Å². The van der Waals surface area contributed by atoms with Gasteiger partial charge in [-0.3, -0.25) is 9.59 Å². The highest BCUT2D eigenvalue weighted by molar-refractivity contribution is 6.31. The summed E-state index contributed by atoms with van der Waals surface area (Å²) in [6.07, 6.45) is 0.783. The maximum Gasteiger partial charge on any atom is 0.246 e. The smallest absolute Gasteiger partial charge is 0.246 e. The van der Waals surface area contributed by atoms with Crippen LogP contribution in [0.1, 0.15) is 25.8 Å². The maximum atomic E-state index is 13.3. The largest absolute Gasteiger partial charge is 0.342 e. The van der Waals surface area contributed by atoms with E-state index in [1.54, 1.807) is 0 Å². The van der Waals surface area contributed by atoms with Gasteiger partial charge in [0.1, 0.15) is 11.9 Å². The zero-order valence-electron chi connectivity index (χ0n) is 12.0. The fourth-order valence-corrected chi connectivity index (χ4v) is 2.53. The molecule has 2 atom stereocenters. The average molecular weight is 313 g/mol. The Morgan fingerprint density at radius 3 is 2.86 bits per heavy atom. The lowest BCUT2D eigenvalue weighted by molar-refractivity contribution is -0.146. The van der Waals surface area contributed by atoms with Crippen LogP contribution in [0, 0.1) is 11.7 Å². The molecule has 2 rings (SSSR count). The summed E-state index contributed by atoms with van der Waals surface area (Å²) < 4.78 is 13.3. The Balaban J connectivity index is 2.20. The van der Waals surface area contributed by atoms with E-state index in [1.807, 2.05) is 13.8 Å². The molecule has 0 aliphatic carbocycles. The number of rotatable bonds is 4. The third-order valence-corrected chi connectivity index (χ3v) is 4.18. The van der Waals surface area contributed by atoms with E-state index in [0.29, 0.717) is 10.6 Å². The van der Waals surface area contributed by atoms with Crippen LogP contribution >= 0.6 is 11.6 Å². The van der Waals surface area contributed by atoms with Crippen LogP contribution in [0.2, 0.25) is 5.02 Å². The predicted octanol–water partition coefficient (Wildman–Crippen LogP) is 2.35. The second-order valence-electron chi connectivity index (χ2n) is 5.36. The van der Waals surface area contributed by atoms with Gasteiger partial charge in [-0.05, 0) is 29.7 Å². The van der Waals surface area contributed by atoms with Gasteiger partial charge in [-0.1, -0.05) is 31.9 Å². The van der Waals surface area contributed by atoms with E-state index in [2.05, 4.69) is 5.32 Å². The van der Waals surface area contributed by atoms with Gasteiger partial charge in [0.2, 0.25) is 11.8 Å². The lowest BCUT2D eigenvalue weighted by Gasteiger charge is -2.35. The molecule has 2 amide bonds. The van der Waals surface area contributed by atoms with Crippen molar-refractivity contribution in [1.29, 1.82) is 0 Å². The van der Waals surface area contributed by atoms with Crippen molar-refractivity contribution in [3.63, 3.8) is 0 Å². The fraction of sp³-hybridized carbons (Fsp3) is 0.467. The lowest BCUT2D eigenvalue weighted by Crippen LogP contribution is -2.59. The van der Waals surface area contributed by atoms with Gasteiger partial charge in [0, 0.05) is 11.6 Å². The second kappa shape index (κ2) is 6.43. The van der Waals surface area contributed by atoms with E-state index in [0.717, 1.165) is 6.42 Å². The van der Waals surface area contributed by atoms with Gasteiger partial charge in [-0.15, -0.1) is 0 Å². The van der Waals surface area contributed by atoms with Crippen molar-refractivity contribution in [1.82, 2.24) is 10.2 Å². The molecular weight excluding hydrogens is 295 g/mol. The molecule has 1 saturated heterocycles. The van der Waals surface area contributed by atoms with E-state index in [1.165, 1.54) is 23.1 Å². The highest BCUT2D eigenvalue weighted by Gasteiger charge is 2.35. The highest BCUT2D eigenvalue weighted by atomic mass is 35.5. The molecule has 0 saturated carbocycles. The summed E-state index contributed by atoms with van der Waals surface area (Å²) in [6, 6.07) is 3.48. The van der Waals surface area contributed by atoms with Crippen molar-refractivity contribution in [3.8, 4) is 0 Å².